The van der Waals surface area contributed by atoms with Crippen LogP contribution in [0.1, 0.15) is 41.9 Å². The molecule has 0 aliphatic rings. The predicted molar refractivity (Wildman–Crippen MR) is 80.2 cm³/mol. The van der Waals surface area contributed by atoms with Crippen LogP contribution in [-0.4, -0.2) is 11.5 Å². The Kier molecular flexibility index (Phi) is 5.02. The molecule has 2 nitrogen and oxygen atoms in total. The lowest BCUT2D eigenvalue weighted by Crippen LogP contribution is -2.25. The fourth-order valence-electron chi connectivity index (χ4n) is 2.27. The number of nitrogens with zero attached hydrogens (tertiary/aromatic N) is 1. The number of aryl methyl sites for hydroxylation is 2. The molecule has 112 valence electrons. The number of aromatic nitrogens is 1. The molecule has 1 aromatic carbocycles. The van der Waals surface area contributed by atoms with E-state index in [4.69, 9.17) is 0 Å². The van der Waals surface area contributed by atoms with Crippen molar-refractivity contribution >= 4 is 0 Å². The van der Waals surface area contributed by atoms with Crippen molar-refractivity contribution in [1.29, 1.82) is 0 Å². The van der Waals surface area contributed by atoms with Gasteiger partial charge in [-0.2, -0.15) is 0 Å². The van der Waals surface area contributed by atoms with E-state index in [0.717, 1.165) is 12.1 Å². The third kappa shape index (κ3) is 3.45. The van der Waals surface area contributed by atoms with Gasteiger partial charge in [0.15, 0.2) is 11.6 Å². The Morgan fingerprint density at radius 3 is 2.52 bits per heavy atom. The first-order valence-electron chi connectivity index (χ1n) is 7.16. The van der Waals surface area contributed by atoms with Gasteiger partial charge in [0.25, 0.3) is 0 Å². The fraction of sp³-hybridized carbons (Fsp3) is 0.353. The van der Waals surface area contributed by atoms with Gasteiger partial charge in [0.05, 0.1) is 11.7 Å². The quantitative estimate of drug-likeness (QED) is 0.898. The van der Waals surface area contributed by atoms with Gasteiger partial charge >= 0.3 is 0 Å². The summed E-state index contributed by atoms with van der Waals surface area (Å²) >= 11 is 0. The Hall–Kier alpha value is -1.81. The van der Waals surface area contributed by atoms with Crippen LogP contribution in [0, 0.1) is 25.5 Å². The third-order valence-corrected chi connectivity index (χ3v) is 3.42. The van der Waals surface area contributed by atoms with E-state index in [1.807, 2.05) is 32.0 Å². The van der Waals surface area contributed by atoms with E-state index in [0.29, 0.717) is 23.4 Å². The number of halogens is 2. The Morgan fingerprint density at radius 2 is 1.86 bits per heavy atom. The Labute approximate surface area is 124 Å². The number of rotatable bonds is 5. The topological polar surface area (TPSA) is 24.9 Å². The van der Waals surface area contributed by atoms with Crippen molar-refractivity contribution in [3.05, 3.63) is 64.5 Å². The molecular formula is C17H20F2N2. The van der Waals surface area contributed by atoms with Crippen LogP contribution in [-0.2, 0) is 0 Å². The zero-order valence-corrected chi connectivity index (χ0v) is 12.6. The van der Waals surface area contributed by atoms with Crippen molar-refractivity contribution in [2.45, 2.75) is 33.2 Å². The molecule has 0 radical (unpaired) electrons. The van der Waals surface area contributed by atoms with Crippen LogP contribution in [0.3, 0.4) is 0 Å². The van der Waals surface area contributed by atoms with E-state index >= 15 is 0 Å². The number of benzene rings is 1. The second-order valence-electron chi connectivity index (χ2n) is 5.19. The van der Waals surface area contributed by atoms with E-state index in [1.165, 1.54) is 0 Å². The highest BCUT2D eigenvalue weighted by atomic mass is 19.2. The normalized spacial score (nSPS) is 12.4. The highest BCUT2D eigenvalue weighted by Crippen LogP contribution is 2.26. The molecule has 0 aliphatic carbocycles. The lowest BCUT2D eigenvalue weighted by molar-refractivity contribution is 0.473. The first-order chi connectivity index (χ1) is 10.0. The first-order valence-corrected chi connectivity index (χ1v) is 7.16. The molecule has 1 atom stereocenters. The fourth-order valence-corrected chi connectivity index (χ4v) is 2.27. The molecule has 0 saturated carbocycles. The molecule has 0 saturated heterocycles. The summed E-state index contributed by atoms with van der Waals surface area (Å²) in [6.45, 7) is 6.17. The lowest BCUT2D eigenvalue weighted by atomic mass is 10.00. The Bertz CT molecular complexity index is 626. The maximum Gasteiger partial charge on any atom is 0.164 e. The molecule has 2 rings (SSSR count). The van der Waals surface area contributed by atoms with Crippen LogP contribution in [0.5, 0.6) is 0 Å². The zero-order valence-electron chi connectivity index (χ0n) is 12.6. The van der Waals surface area contributed by atoms with E-state index in [1.54, 1.807) is 19.1 Å². The summed E-state index contributed by atoms with van der Waals surface area (Å²) in [5.41, 5.74) is 2.15. The number of hydrogen-bond donors (Lipinski definition) is 1. The van der Waals surface area contributed by atoms with Crippen LogP contribution in [0.25, 0.3) is 0 Å². The van der Waals surface area contributed by atoms with Gasteiger partial charge in [-0.1, -0.05) is 25.1 Å². The third-order valence-electron chi connectivity index (χ3n) is 3.42. The van der Waals surface area contributed by atoms with Gasteiger partial charge in [-0.05, 0) is 44.5 Å². The van der Waals surface area contributed by atoms with Crippen LogP contribution < -0.4 is 5.32 Å². The molecule has 1 aromatic heterocycles. The minimum atomic E-state index is -0.799. The average molecular weight is 290 g/mol. The van der Waals surface area contributed by atoms with Crippen molar-refractivity contribution < 1.29 is 8.78 Å². The monoisotopic (exact) mass is 290 g/mol. The number of pyridine rings is 1. The highest BCUT2D eigenvalue weighted by molar-refractivity contribution is 5.33. The summed E-state index contributed by atoms with van der Waals surface area (Å²) in [6, 6.07) is 8.37. The molecule has 1 heterocycles. The van der Waals surface area contributed by atoms with Gasteiger partial charge in [-0.3, -0.25) is 4.98 Å². The van der Waals surface area contributed by atoms with E-state index in [2.05, 4.69) is 10.3 Å². The van der Waals surface area contributed by atoms with Gasteiger partial charge in [0, 0.05) is 11.3 Å². The lowest BCUT2D eigenvalue weighted by Gasteiger charge is -2.20. The molecule has 4 heteroatoms. The molecular weight excluding hydrogens is 270 g/mol. The number of nitrogens with one attached hydrogen (secondary N) is 1. The molecule has 21 heavy (non-hydrogen) atoms. The zero-order chi connectivity index (χ0) is 15.4. The van der Waals surface area contributed by atoms with E-state index in [9.17, 15) is 8.78 Å². The van der Waals surface area contributed by atoms with Crippen molar-refractivity contribution in [1.82, 2.24) is 10.3 Å². The Balaban J connectivity index is 2.48. The summed E-state index contributed by atoms with van der Waals surface area (Å²) in [4.78, 5) is 4.44. The highest BCUT2D eigenvalue weighted by Gasteiger charge is 2.21. The van der Waals surface area contributed by atoms with Crippen LogP contribution in [0.4, 0.5) is 8.78 Å². The minimum Gasteiger partial charge on any atom is -0.305 e. The average Bonchev–Trinajstić information content (AvgIpc) is 2.47. The maximum absolute atomic E-state index is 14.3. The van der Waals surface area contributed by atoms with Crippen LogP contribution >= 0.6 is 0 Å². The van der Waals surface area contributed by atoms with Gasteiger partial charge in [-0.15, -0.1) is 0 Å². The predicted octanol–water partition coefficient (Wildman–Crippen LogP) is 4.07. The van der Waals surface area contributed by atoms with Gasteiger partial charge in [0.2, 0.25) is 0 Å². The molecule has 0 amide bonds. The van der Waals surface area contributed by atoms with Crippen molar-refractivity contribution in [2.24, 2.45) is 0 Å². The summed E-state index contributed by atoms with van der Waals surface area (Å²) in [5, 5.41) is 3.25. The van der Waals surface area contributed by atoms with Crippen molar-refractivity contribution in [3.63, 3.8) is 0 Å². The summed E-state index contributed by atoms with van der Waals surface area (Å²) in [7, 11) is 0. The van der Waals surface area contributed by atoms with Gasteiger partial charge < -0.3 is 5.32 Å². The van der Waals surface area contributed by atoms with Crippen molar-refractivity contribution in [2.75, 3.05) is 6.54 Å². The second kappa shape index (κ2) is 6.76. The van der Waals surface area contributed by atoms with Gasteiger partial charge in [0.1, 0.15) is 0 Å². The van der Waals surface area contributed by atoms with E-state index < -0.39 is 17.7 Å². The largest absolute Gasteiger partial charge is 0.305 e. The molecule has 0 spiro atoms. The van der Waals surface area contributed by atoms with Crippen LogP contribution in [0.15, 0.2) is 30.3 Å². The molecule has 1 unspecified atom stereocenters. The standard InChI is InChI=1S/C17H20F2N2/c1-4-10-20-17(14-7-5-6-12(3)21-14)13-9-8-11(2)15(18)16(13)19/h5-9,17,20H,4,10H2,1-3H3. The maximum atomic E-state index is 14.3. The molecule has 0 fully saturated rings. The van der Waals surface area contributed by atoms with Gasteiger partial charge in [-0.25, -0.2) is 8.78 Å². The van der Waals surface area contributed by atoms with E-state index in [-0.39, 0.29) is 0 Å². The first kappa shape index (κ1) is 15.6. The SMILES string of the molecule is CCCNC(c1cccc(C)n1)c1ccc(C)c(F)c1F. The molecule has 0 aliphatic heterocycles. The minimum absolute atomic E-state index is 0.296. The summed E-state index contributed by atoms with van der Waals surface area (Å²) < 4.78 is 28.1. The molecule has 1 N–H and O–H groups in total. The number of hydrogen-bond acceptors (Lipinski definition) is 2. The van der Waals surface area contributed by atoms with Crippen LogP contribution in [0.2, 0.25) is 0 Å². The smallest absolute Gasteiger partial charge is 0.164 e. The molecule has 0 bridgehead atoms. The summed E-state index contributed by atoms with van der Waals surface area (Å²) in [5.74, 6) is -1.59. The van der Waals surface area contributed by atoms with Crippen molar-refractivity contribution in [3.8, 4) is 0 Å². The second-order valence-corrected chi connectivity index (χ2v) is 5.19. The molecule has 2 aromatic rings. The summed E-state index contributed by atoms with van der Waals surface area (Å²) in [6.07, 6.45) is 0.901. The Morgan fingerprint density at radius 1 is 1.10 bits per heavy atom.